The van der Waals surface area contributed by atoms with E-state index in [1.54, 1.807) is 6.07 Å². The molecule has 4 heteroatoms. The van der Waals surface area contributed by atoms with Crippen LogP contribution in [0, 0.1) is 5.82 Å². The number of halogens is 1. The molecule has 114 valence electrons. The normalized spacial score (nSPS) is 13.4. The van der Waals surface area contributed by atoms with Crippen molar-refractivity contribution in [2.24, 2.45) is 0 Å². The lowest BCUT2D eigenvalue weighted by Crippen LogP contribution is -2.06. The quantitative estimate of drug-likeness (QED) is 0.909. The maximum absolute atomic E-state index is 14.0. The molecule has 0 radical (unpaired) electrons. The third kappa shape index (κ3) is 3.27. The Bertz CT molecular complexity index is 712. The fraction of sp³-hybridized carbons (Fsp3) is 0.278. The zero-order chi connectivity index (χ0) is 15.5. The Morgan fingerprint density at radius 2 is 1.86 bits per heavy atom. The minimum absolute atomic E-state index is 0.157. The van der Waals surface area contributed by atoms with E-state index < -0.39 is 5.82 Å². The highest BCUT2D eigenvalue weighted by molar-refractivity contribution is 5.88. The summed E-state index contributed by atoms with van der Waals surface area (Å²) < 4.78 is 19.7. The lowest BCUT2D eigenvalue weighted by molar-refractivity contribution is -0.114. The van der Waals surface area contributed by atoms with Gasteiger partial charge in [0.1, 0.15) is 5.75 Å². The lowest BCUT2D eigenvalue weighted by atomic mass is 9.92. The molecule has 2 aromatic rings. The average molecular weight is 299 g/mol. The number of ether oxygens (including phenoxy) is 1. The second-order valence-electron chi connectivity index (χ2n) is 5.57. The number of amides is 1. The van der Waals surface area contributed by atoms with E-state index in [1.807, 2.05) is 12.1 Å². The van der Waals surface area contributed by atoms with Crippen molar-refractivity contribution in [2.45, 2.75) is 32.6 Å². The Morgan fingerprint density at radius 3 is 2.59 bits per heavy atom. The predicted molar refractivity (Wildman–Crippen MR) is 83.9 cm³/mol. The lowest BCUT2D eigenvalue weighted by Gasteiger charge is -2.17. The summed E-state index contributed by atoms with van der Waals surface area (Å²) in [4.78, 5) is 11.0. The molecule has 0 bridgehead atoms. The maximum Gasteiger partial charge on any atom is 0.221 e. The molecule has 22 heavy (non-hydrogen) atoms. The highest BCUT2D eigenvalue weighted by Gasteiger charge is 2.12. The minimum Gasteiger partial charge on any atom is -0.454 e. The molecule has 3 rings (SSSR count). The van der Waals surface area contributed by atoms with Gasteiger partial charge in [0.25, 0.3) is 0 Å². The van der Waals surface area contributed by atoms with E-state index in [4.69, 9.17) is 4.74 Å². The fourth-order valence-electron chi connectivity index (χ4n) is 2.76. The summed E-state index contributed by atoms with van der Waals surface area (Å²) in [5.41, 5.74) is 3.07. The number of benzene rings is 2. The van der Waals surface area contributed by atoms with Crippen LogP contribution in [0.5, 0.6) is 11.5 Å². The number of nitrogens with one attached hydrogen (secondary N) is 1. The summed E-state index contributed by atoms with van der Waals surface area (Å²) in [6, 6.07) is 10.3. The van der Waals surface area contributed by atoms with Gasteiger partial charge in [-0.05, 0) is 61.1 Å². The molecule has 1 aliphatic rings. The van der Waals surface area contributed by atoms with Crippen molar-refractivity contribution in [2.75, 3.05) is 5.32 Å². The summed E-state index contributed by atoms with van der Waals surface area (Å²) in [6.07, 6.45) is 4.58. The van der Waals surface area contributed by atoms with Crippen molar-refractivity contribution in [3.8, 4) is 11.5 Å². The van der Waals surface area contributed by atoms with Crippen LogP contribution >= 0.6 is 0 Å². The summed E-state index contributed by atoms with van der Waals surface area (Å²) in [7, 11) is 0. The first-order valence-electron chi connectivity index (χ1n) is 7.48. The molecule has 0 atom stereocenters. The van der Waals surface area contributed by atoms with Crippen molar-refractivity contribution >= 4 is 11.6 Å². The SMILES string of the molecule is CC(=O)Nc1ccc(Oc2ccc3c(c2)CCCC3)c(F)c1. The van der Waals surface area contributed by atoms with Gasteiger partial charge in [0.2, 0.25) is 5.91 Å². The number of hydrogen-bond acceptors (Lipinski definition) is 2. The van der Waals surface area contributed by atoms with Gasteiger partial charge in [-0.2, -0.15) is 0 Å². The van der Waals surface area contributed by atoms with Gasteiger partial charge < -0.3 is 10.1 Å². The third-order valence-electron chi connectivity index (χ3n) is 3.80. The Kier molecular flexibility index (Phi) is 4.09. The molecule has 1 aliphatic carbocycles. The molecule has 0 spiro atoms. The second kappa shape index (κ2) is 6.18. The summed E-state index contributed by atoms with van der Waals surface area (Å²) in [5.74, 6) is 0.0726. The first-order valence-corrected chi connectivity index (χ1v) is 7.48. The van der Waals surface area contributed by atoms with E-state index >= 15 is 0 Å². The maximum atomic E-state index is 14.0. The molecular formula is C18H18FNO2. The van der Waals surface area contributed by atoms with Crippen LogP contribution in [0.15, 0.2) is 36.4 Å². The van der Waals surface area contributed by atoms with Crippen LogP contribution in [-0.2, 0) is 17.6 Å². The van der Waals surface area contributed by atoms with E-state index in [2.05, 4.69) is 11.4 Å². The van der Waals surface area contributed by atoms with E-state index in [9.17, 15) is 9.18 Å². The van der Waals surface area contributed by atoms with Crippen molar-refractivity contribution in [3.05, 3.63) is 53.3 Å². The van der Waals surface area contributed by atoms with Crippen LogP contribution < -0.4 is 10.1 Å². The zero-order valence-electron chi connectivity index (χ0n) is 12.5. The molecule has 0 aromatic heterocycles. The first kappa shape index (κ1) is 14.6. The zero-order valence-corrected chi connectivity index (χ0v) is 12.5. The van der Waals surface area contributed by atoms with Crippen LogP contribution in [0.25, 0.3) is 0 Å². The van der Waals surface area contributed by atoms with Crippen LogP contribution in [0.2, 0.25) is 0 Å². The van der Waals surface area contributed by atoms with E-state index in [-0.39, 0.29) is 11.7 Å². The molecule has 1 N–H and O–H groups in total. The van der Waals surface area contributed by atoms with Gasteiger partial charge in [0.15, 0.2) is 11.6 Å². The van der Waals surface area contributed by atoms with Crippen LogP contribution in [0.1, 0.15) is 30.9 Å². The molecule has 3 nitrogen and oxygen atoms in total. The van der Waals surface area contributed by atoms with Crippen LogP contribution in [0.3, 0.4) is 0 Å². The number of carbonyl (C=O) groups is 1. The van der Waals surface area contributed by atoms with E-state index in [0.29, 0.717) is 11.4 Å². The van der Waals surface area contributed by atoms with Gasteiger partial charge in [-0.1, -0.05) is 6.07 Å². The molecule has 0 fully saturated rings. The van der Waals surface area contributed by atoms with Gasteiger partial charge in [-0.3, -0.25) is 4.79 Å². The molecule has 2 aromatic carbocycles. The fourth-order valence-corrected chi connectivity index (χ4v) is 2.76. The molecule has 0 heterocycles. The van der Waals surface area contributed by atoms with Crippen LogP contribution in [0.4, 0.5) is 10.1 Å². The summed E-state index contributed by atoms with van der Waals surface area (Å²) in [6.45, 7) is 1.38. The van der Waals surface area contributed by atoms with Crippen molar-refractivity contribution in [1.29, 1.82) is 0 Å². The van der Waals surface area contributed by atoms with Crippen molar-refractivity contribution in [3.63, 3.8) is 0 Å². The van der Waals surface area contributed by atoms with Gasteiger partial charge in [0.05, 0.1) is 0 Å². The van der Waals surface area contributed by atoms with Gasteiger partial charge in [0, 0.05) is 18.7 Å². The largest absolute Gasteiger partial charge is 0.454 e. The van der Waals surface area contributed by atoms with Gasteiger partial charge >= 0.3 is 0 Å². The number of aryl methyl sites for hydroxylation is 2. The number of rotatable bonds is 3. The highest BCUT2D eigenvalue weighted by Crippen LogP contribution is 2.30. The molecular weight excluding hydrogens is 281 g/mol. The highest BCUT2D eigenvalue weighted by atomic mass is 19.1. The van der Waals surface area contributed by atoms with Crippen LogP contribution in [-0.4, -0.2) is 5.91 Å². The smallest absolute Gasteiger partial charge is 0.221 e. The minimum atomic E-state index is -0.496. The first-order chi connectivity index (χ1) is 10.6. The Balaban J connectivity index is 1.79. The van der Waals surface area contributed by atoms with Crippen molar-refractivity contribution in [1.82, 2.24) is 0 Å². The summed E-state index contributed by atoms with van der Waals surface area (Å²) >= 11 is 0. The van der Waals surface area contributed by atoms with Crippen molar-refractivity contribution < 1.29 is 13.9 Å². The number of fused-ring (bicyclic) bond motifs is 1. The topological polar surface area (TPSA) is 38.3 Å². The second-order valence-corrected chi connectivity index (χ2v) is 5.57. The number of carbonyl (C=O) groups excluding carboxylic acids is 1. The van der Waals surface area contributed by atoms with Gasteiger partial charge in [-0.15, -0.1) is 0 Å². The standard InChI is InChI=1S/C18H18FNO2/c1-12(21)20-15-7-9-18(17(19)11-15)22-16-8-6-13-4-2-3-5-14(13)10-16/h6-11H,2-5H2,1H3,(H,20,21). The molecule has 0 saturated heterocycles. The Labute approximate surface area is 129 Å². The number of hydrogen-bond donors (Lipinski definition) is 1. The molecule has 0 aliphatic heterocycles. The van der Waals surface area contributed by atoms with E-state index in [1.165, 1.54) is 43.0 Å². The van der Waals surface area contributed by atoms with Gasteiger partial charge in [-0.25, -0.2) is 4.39 Å². The number of anilines is 1. The Hall–Kier alpha value is -2.36. The monoisotopic (exact) mass is 299 g/mol. The molecule has 1 amide bonds. The Morgan fingerprint density at radius 1 is 1.09 bits per heavy atom. The average Bonchev–Trinajstić information content (AvgIpc) is 2.49. The van der Waals surface area contributed by atoms with E-state index in [0.717, 1.165) is 12.8 Å². The summed E-state index contributed by atoms with van der Waals surface area (Å²) in [5, 5.41) is 2.54. The molecule has 0 unspecified atom stereocenters. The molecule has 0 saturated carbocycles. The third-order valence-corrected chi connectivity index (χ3v) is 3.80. The predicted octanol–water partition coefficient (Wildman–Crippen LogP) is 4.46.